The Hall–Kier alpha value is -2.91. The van der Waals surface area contributed by atoms with Crippen molar-refractivity contribution in [2.75, 3.05) is 43.4 Å². The normalized spacial score (nSPS) is 15.0. The number of nitrogens with one attached hydrogen (secondary N) is 1. The van der Waals surface area contributed by atoms with E-state index in [9.17, 15) is 18.0 Å². The van der Waals surface area contributed by atoms with Gasteiger partial charge in [-0.1, -0.05) is 12.1 Å². The number of piperazine rings is 1. The number of rotatable bonds is 5. The van der Waals surface area contributed by atoms with E-state index < -0.39 is 11.7 Å². The number of aryl methyl sites for hydroxylation is 1. The number of hydrogen-bond acceptors (Lipinski definition) is 5. The van der Waals surface area contributed by atoms with Crippen LogP contribution in [-0.2, 0) is 17.4 Å². The highest BCUT2D eigenvalue weighted by Crippen LogP contribution is 2.32. The molecule has 0 bridgehead atoms. The number of amides is 1. The topological polar surface area (TPSA) is 48.5 Å². The summed E-state index contributed by atoms with van der Waals surface area (Å²) in [7, 11) is 2.12. The maximum absolute atomic E-state index is 12.7. The number of nitrogens with zero attached hydrogens (tertiary/aromatic N) is 3. The largest absolute Gasteiger partial charge is 0.416 e. The lowest BCUT2D eigenvalue weighted by Gasteiger charge is -2.35. The van der Waals surface area contributed by atoms with Gasteiger partial charge in [-0.3, -0.25) is 4.79 Å². The van der Waals surface area contributed by atoms with Gasteiger partial charge in [0, 0.05) is 48.5 Å². The van der Waals surface area contributed by atoms with E-state index in [-0.39, 0.29) is 12.3 Å². The highest BCUT2D eigenvalue weighted by molar-refractivity contribution is 7.13. The van der Waals surface area contributed by atoms with E-state index in [1.807, 2.05) is 25.1 Å². The number of anilines is 2. The van der Waals surface area contributed by atoms with Crippen molar-refractivity contribution in [3.63, 3.8) is 0 Å². The molecule has 1 saturated heterocycles. The number of alkyl halides is 3. The number of hydrogen-bond donors (Lipinski definition) is 1. The molecule has 1 aliphatic heterocycles. The van der Waals surface area contributed by atoms with Crippen LogP contribution >= 0.6 is 11.3 Å². The fourth-order valence-electron chi connectivity index (χ4n) is 3.83. The third-order valence-corrected chi connectivity index (χ3v) is 6.62. The predicted octanol–water partition coefficient (Wildman–Crippen LogP) is 5.07. The van der Waals surface area contributed by atoms with E-state index in [2.05, 4.69) is 27.1 Å². The minimum Gasteiger partial charge on any atom is -0.369 e. The van der Waals surface area contributed by atoms with E-state index in [1.165, 1.54) is 29.2 Å². The summed E-state index contributed by atoms with van der Waals surface area (Å²) < 4.78 is 38.2. The molecule has 0 spiro atoms. The number of halogens is 3. The van der Waals surface area contributed by atoms with Crippen LogP contribution in [0.25, 0.3) is 10.6 Å². The first kappa shape index (κ1) is 23.3. The van der Waals surface area contributed by atoms with Crippen LogP contribution in [0.3, 0.4) is 0 Å². The maximum Gasteiger partial charge on any atom is 0.416 e. The molecule has 1 aliphatic rings. The van der Waals surface area contributed by atoms with E-state index >= 15 is 0 Å². The predicted molar refractivity (Wildman–Crippen MR) is 126 cm³/mol. The van der Waals surface area contributed by atoms with Crippen molar-refractivity contribution < 1.29 is 18.0 Å². The molecule has 0 unspecified atom stereocenters. The minimum atomic E-state index is -4.37. The molecule has 1 amide bonds. The lowest BCUT2D eigenvalue weighted by Crippen LogP contribution is -2.44. The fourth-order valence-corrected chi connectivity index (χ4v) is 4.65. The number of thiazole rings is 1. The molecule has 0 aliphatic carbocycles. The third-order valence-electron chi connectivity index (χ3n) is 5.68. The molecule has 3 aromatic rings. The van der Waals surface area contributed by atoms with Crippen LogP contribution in [0.1, 0.15) is 16.8 Å². The summed E-state index contributed by atoms with van der Waals surface area (Å²) in [6.07, 6.45) is -4.28. The van der Waals surface area contributed by atoms with Crippen molar-refractivity contribution in [2.24, 2.45) is 0 Å². The molecular formula is C24H25F3N4OS. The van der Waals surface area contributed by atoms with Crippen molar-refractivity contribution in [3.8, 4) is 10.6 Å². The summed E-state index contributed by atoms with van der Waals surface area (Å²) >= 11 is 1.30. The average Bonchev–Trinajstić information content (AvgIpc) is 3.22. The number of carbonyl (C=O) groups excluding carboxylic acids is 1. The highest BCUT2D eigenvalue weighted by atomic mass is 32.1. The first-order chi connectivity index (χ1) is 15.7. The van der Waals surface area contributed by atoms with Crippen molar-refractivity contribution in [1.29, 1.82) is 0 Å². The molecule has 174 valence electrons. The van der Waals surface area contributed by atoms with Gasteiger partial charge in [-0.15, -0.1) is 11.3 Å². The van der Waals surface area contributed by atoms with Crippen LogP contribution in [0, 0.1) is 6.92 Å². The van der Waals surface area contributed by atoms with Gasteiger partial charge >= 0.3 is 6.18 Å². The molecule has 1 aromatic heterocycles. The summed E-state index contributed by atoms with van der Waals surface area (Å²) in [5.74, 6) is -0.189. The molecule has 0 saturated carbocycles. The first-order valence-electron chi connectivity index (χ1n) is 10.6. The second-order valence-corrected chi connectivity index (χ2v) is 9.09. The minimum absolute atomic E-state index is 0.0936. The molecule has 33 heavy (non-hydrogen) atoms. The monoisotopic (exact) mass is 474 g/mol. The van der Waals surface area contributed by atoms with Gasteiger partial charge in [0.2, 0.25) is 5.91 Å². The van der Waals surface area contributed by atoms with Gasteiger partial charge in [-0.2, -0.15) is 13.2 Å². The summed E-state index contributed by atoms with van der Waals surface area (Å²) in [6.45, 7) is 6.06. The highest BCUT2D eigenvalue weighted by Gasteiger charge is 2.30. The van der Waals surface area contributed by atoms with Crippen LogP contribution in [0.4, 0.5) is 24.5 Å². The SMILES string of the molecule is Cc1cc(NC(=O)Cc2csc(-c3ccc(C(F)(F)F)cc3)n2)ccc1N1CCN(C)CC1. The maximum atomic E-state index is 12.7. The van der Waals surface area contributed by atoms with E-state index in [0.29, 0.717) is 16.3 Å². The zero-order chi connectivity index (χ0) is 23.6. The zero-order valence-electron chi connectivity index (χ0n) is 18.4. The Morgan fingerprint density at radius 3 is 2.42 bits per heavy atom. The van der Waals surface area contributed by atoms with E-state index in [4.69, 9.17) is 0 Å². The molecule has 2 aromatic carbocycles. The summed E-state index contributed by atoms with van der Waals surface area (Å²) in [4.78, 5) is 21.6. The van der Waals surface area contributed by atoms with Gasteiger partial charge in [0.15, 0.2) is 0 Å². The van der Waals surface area contributed by atoms with Crippen molar-refractivity contribution in [2.45, 2.75) is 19.5 Å². The Bertz CT molecular complexity index is 1120. The van der Waals surface area contributed by atoms with Crippen LogP contribution in [0.15, 0.2) is 47.8 Å². The number of benzene rings is 2. The quantitative estimate of drug-likeness (QED) is 0.561. The number of carbonyl (C=O) groups is 1. The van der Waals surface area contributed by atoms with Crippen molar-refractivity contribution in [3.05, 3.63) is 64.7 Å². The van der Waals surface area contributed by atoms with Crippen molar-refractivity contribution >= 4 is 28.6 Å². The Morgan fingerprint density at radius 2 is 1.79 bits per heavy atom. The van der Waals surface area contributed by atoms with Gasteiger partial charge < -0.3 is 15.1 Å². The third kappa shape index (κ3) is 5.72. The van der Waals surface area contributed by atoms with Gasteiger partial charge in [0.1, 0.15) is 5.01 Å². The van der Waals surface area contributed by atoms with E-state index in [1.54, 1.807) is 5.38 Å². The molecule has 1 fully saturated rings. The molecular weight excluding hydrogens is 449 g/mol. The van der Waals surface area contributed by atoms with Crippen LogP contribution in [-0.4, -0.2) is 49.0 Å². The Balaban J connectivity index is 1.36. The van der Waals surface area contributed by atoms with Gasteiger partial charge in [0.25, 0.3) is 0 Å². The van der Waals surface area contributed by atoms with Gasteiger partial charge in [0.05, 0.1) is 17.7 Å². The smallest absolute Gasteiger partial charge is 0.369 e. The Morgan fingerprint density at radius 1 is 1.09 bits per heavy atom. The Kier molecular flexibility index (Phi) is 6.71. The van der Waals surface area contributed by atoms with Crippen molar-refractivity contribution in [1.82, 2.24) is 9.88 Å². The molecule has 5 nitrogen and oxygen atoms in total. The van der Waals surface area contributed by atoms with Gasteiger partial charge in [-0.05, 0) is 49.9 Å². The molecule has 0 radical (unpaired) electrons. The average molecular weight is 475 g/mol. The second-order valence-electron chi connectivity index (χ2n) is 8.24. The first-order valence-corrected chi connectivity index (χ1v) is 11.5. The lowest BCUT2D eigenvalue weighted by atomic mass is 10.1. The van der Waals surface area contributed by atoms with Crippen LogP contribution in [0.2, 0.25) is 0 Å². The second kappa shape index (κ2) is 9.52. The van der Waals surface area contributed by atoms with Gasteiger partial charge in [-0.25, -0.2) is 4.98 Å². The molecule has 0 atom stereocenters. The summed E-state index contributed by atoms with van der Waals surface area (Å²) in [6, 6.07) is 10.8. The fraction of sp³-hybridized carbons (Fsp3) is 0.333. The summed E-state index contributed by atoms with van der Waals surface area (Å²) in [5.41, 5.74) is 3.50. The zero-order valence-corrected chi connectivity index (χ0v) is 19.3. The number of aromatic nitrogens is 1. The summed E-state index contributed by atoms with van der Waals surface area (Å²) in [5, 5.41) is 5.26. The molecule has 1 N–H and O–H groups in total. The van der Waals surface area contributed by atoms with Crippen LogP contribution < -0.4 is 10.2 Å². The number of likely N-dealkylation sites (N-methyl/N-ethyl adjacent to an activating group) is 1. The molecule has 2 heterocycles. The Labute approximate surface area is 194 Å². The van der Waals surface area contributed by atoms with Crippen LogP contribution in [0.5, 0.6) is 0 Å². The van der Waals surface area contributed by atoms with E-state index in [0.717, 1.165) is 49.6 Å². The standard InChI is InChI=1S/C24H25F3N4OS/c1-16-13-19(7-8-21(16)31-11-9-30(2)10-12-31)28-22(32)14-20-15-33-23(29-20)17-3-5-18(6-4-17)24(25,26)27/h3-8,13,15H,9-12,14H2,1-2H3,(H,28,32). The lowest BCUT2D eigenvalue weighted by molar-refractivity contribution is -0.137. The molecule has 9 heteroatoms. The molecule has 4 rings (SSSR count).